The molecule has 2 fully saturated rings. The molecule has 0 spiro atoms. The maximum atomic E-state index is 12.6. The molecule has 4 heterocycles. The fraction of sp³-hybridized carbons (Fsp3) is 0.450. The molecule has 2 aromatic heterocycles. The Kier molecular flexibility index (Phi) is 4.94. The lowest BCUT2D eigenvalue weighted by molar-refractivity contribution is -0.198. The predicted octanol–water partition coefficient (Wildman–Crippen LogP) is 1.25. The van der Waals surface area contributed by atoms with Gasteiger partial charge in [0.05, 0.1) is 24.2 Å². The number of ether oxygens (including phenoxy) is 3. The van der Waals surface area contributed by atoms with Crippen molar-refractivity contribution < 1.29 is 26.8 Å². The van der Waals surface area contributed by atoms with Gasteiger partial charge in [-0.3, -0.25) is 13.5 Å². The summed E-state index contributed by atoms with van der Waals surface area (Å²) in [6.07, 6.45) is 0.0558. The van der Waals surface area contributed by atoms with E-state index >= 15 is 0 Å². The first kappa shape index (κ1) is 21.2. The quantitative estimate of drug-likeness (QED) is 0.556. The highest BCUT2D eigenvalue weighted by Gasteiger charge is 2.56. The molecular weight excluding hydrogens is 440 g/mol. The zero-order chi connectivity index (χ0) is 22.7. The van der Waals surface area contributed by atoms with Crippen LogP contribution in [0.2, 0.25) is 0 Å². The Morgan fingerprint density at radius 2 is 1.88 bits per heavy atom. The van der Waals surface area contributed by atoms with E-state index in [0.29, 0.717) is 5.65 Å². The van der Waals surface area contributed by atoms with Gasteiger partial charge in [0.1, 0.15) is 18.3 Å². The van der Waals surface area contributed by atoms with Gasteiger partial charge < -0.3 is 19.2 Å². The molecule has 1 aromatic carbocycles. The van der Waals surface area contributed by atoms with Crippen molar-refractivity contribution in [2.75, 3.05) is 6.61 Å². The van der Waals surface area contributed by atoms with Gasteiger partial charge in [-0.15, -0.1) is 0 Å². The van der Waals surface area contributed by atoms with Crippen molar-refractivity contribution in [2.24, 2.45) is 0 Å². The minimum absolute atomic E-state index is 0.0575. The summed E-state index contributed by atoms with van der Waals surface area (Å²) in [6.45, 7) is 5.12. The lowest BCUT2D eigenvalue weighted by Gasteiger charge is -2.24. The molecule has 32 heavy (non-hydrogen) atoms. The number of hydrogen-bond acceptors (Lipinski definition) is 9. The number of aromatic nitrogens is 4. The number of aromatic amines is 1. The highest BCUT2D eigenvalue weighted by atomic mass is 32.2. The minimum atomic E-state index is -3.99. The van der Waals surface area contributed by atoms with E-state index in [1.165, 1.54) is 24.8 Å². The van der Waals surface area contributed by atoms with Gasteiger partial charge in [0.25, 0.3) is 15.7 Å². The summed E-state index contributed by atoms with van der Waals surface area (Å²) < 4.78 is 50.3. The highest BCUT2D eigenvalue weighted by molar-refractivity contribution is 7.86. The Labute approximate surface area is 183 Å². The average molecular weight is 462 g/mol. The van der Waals surface area contributed by atoms with Crippen LogP contribution in [0.25, 0.3) is 11.2 Å². The van der Waals surface area contributed by atoms with Crippen molar-refractivity contribution in [1.82, 2.24) is 19.5 Å². The summed E-state index contributed by atoms with van der Waals surface area (Å²) >= 11 is 0. The minimum Gasteiger partial charge on any atom is -0.347 e. The van der Waals surface area contributed by atoms with Crippen molar-refractivity contribution in [2.45, 2.75) is 56.0 Å². The van der Waals surface area contributed by atoms with E-state index in [9.17, 15) is 13.2 Å². The second kappa shape index (κ2) is 7.46. The normalized spacial score (nSPS) is 27.1. The Hall–Kier alpha value is -2.64. The first-order valence-electron chi connectivity index (χ1n) is 10.0. The van der Waals surface area contributed by atoms with Crippen molar-refractivity contribution in [3.8, 4) is 0 Å². The monoisotopic (exact) mass is 462 g/mol. The number of nitrogens with zero attached hydrogens (tertiary/aromatic N) is 3. The molecule has 0 saturated carbocycles. The Morgan fingerprint density at radius 1 is 1.16 bits per heavy atom. The van der Waals surface area contributed by atoms with Crippen molar-refractivity contribution in [3.63, 3.8) is 0 Å². The van der Waals surface area contributed by atoms with Crippen molar-refractivity contribution in [1.29, 1.82) is 0 Å². The predicted molar refractivity (Wildman–Crippen MR) is 110 cm³/mol. The number of aryl methyl sites for hydroxylation is 1. The van der Waals surface area contributed by atoms with Crippen LogP contribution in [0.3, 0.4) is 0 Å². The highest BCUT2D eigenvalue weighted by Crippen LogP contribution is 2.43. The molecule has 3 aromatic rings. The first-order valence-corrected chi connectivity index (χ1v) is 11.4. The van der Waals surface area contributed by atoms with E-state index in [4.69, 9.17) is 18.4 Å². The number of fused-ring (bicyclic) bond motifs is 2. The zero-order valence-corrected chi connectivity index (χ0v) is 18.4. The second-order valence-corrected chi connectivity index (χ2v) is 9.85. The van der Waals surface area contributed by atoms with Gasteiger partial charge >= 0.3 is 0 Å². The summed E-state index contributed by atoms with van der Waals surface area (Å²) in [4.78, 5) is 22.9. The second-order valence-electron chi connectivity index (χ2n) is 8.24. The molecule has 4 atom stereocenters. The molecule has 0 radical (unpaired) electrons. The number of benzene rings is 1. The third-order valence-electron chi connectivity index (χ3n) is 5.46. The lowest BCUT2D eigenvalue weighted by Crippen LogP contribution is -2.33. The number of rotatable bonds is 5. The van der Waals surface area contributed by atoms with Crippen molar-refractivity contribution in [3.05, 3.63) is 52.8 Å². The zero-order valence-electron chi connectivity index (χ0n) is 17.6. The van der Waals surface area contributed by atoms with Gasteiger partial charge in [-0.1, -0.05) is 17.7 Å². The summed E-state index contributed by atoms with van der Waals surface area (Å²) in [5, 5.41) is 0. The number of H-pyrrole nitrogens is 1. The van der Waals surface area contributed by atoms with E-state index in [0.717, 1.165) is 5.56 Å². The van der Waals surface area contributed by atoms with Crippen LogP contribution in [-0.2, 0) is 28.5 Å². The van der Waals surface area contributed by atoms with E-state index in [2.05, 4.69) is 15.0 Å². The van der Waals surface area contributed by atoms with Crippen LogP contribution >= 0.6 is 0 Å². The molecule has 0 bridgehead atoms. The Balaban J connectivity index is 1.42. The van der Waals surface area contributed by atoms with Crippen LogP contribution in [0.15, 0.2) is 46.6 Å². The number of imidazole rings is 1. The molecule has 170 valence electrons. The number of hydrogen-bond donors (Lipinski definition) is 1. The van der Waals surface area contributed by atoms with E-state index < -0.39 is 40.4 Å². The van der Waals surface area contributed by atoms with E-state index in [1.807, 2.05) is 6.92 Å². The maximum Gasteiger partial charge on any atom is 0.297 e. The van der Waals surface area contributed by atoms with E-state index in [1.54, 1.807) is 30.5 Å². The standard InChI is InChI=1S/C20H22N4O7S/c1-11-4-6-12(7-5-11)32(26,27)28-8-13-15-16(31-20(2,3)30-15)19(29-13)24-10-23-14-17(24)21-9-22-18(14)25/h4-7,9-10,13,15-16,19H,8H2,1-3H3,(H,21,22,25). The van der Waals surface area contributed by atoms with Crippen LogP contribution in [0.4, 0.5) is 0 Å². The summed E-state index contributed by atoms with van der Waals surface area (Å²) in [5.41, 5.74) is 1.04. The molecule has 2 saturated heterocycles. The Bertz CT molecular complexity index is 1320. The van der Waals surface area contributed by atoms with Gasteiger partial charge in [0, 0.05) is 0 Å². The fourth-order valence-corrected chi connectivity index (χ4v) is 4.91. The van der Waals surface area contributed by atoms with Crippen LogP contribution in [0.1, 0.15) is 25.6 Å². The third kappa shape index (κ3) is 3.63. The van der Waals surface area contributed by atoms with Gasteiger partial charge in [0.15, 0.2) is 23.2 Å². The van der Waals surface area contributed by atoms with Gasteiger partial charge in [-0.25, -0.2) is 9.97 Å². The molecule has 2 aliphatic rings. The summed E-state index contributed by atoms with van der Waals surface area (Å²) in [7, 11) is -3.99. The number of nitrogens with one attached hydrogen (secondary N) is 1. The largest absolute Gasteiger partial charge is 0.347 e. The lowest BCUT2D eigenvalue weighted by atomic mass is 10.1. The molecular formula is C20H22N4O7S. The maximum absolute atomic E-state index is 12.6. The molecule has 1 N–H and O–H groups in total. The molecule has 2 aliphatic heterocycles. The SMILES string of the molecule is Cc1ccc(S(=O)(=O)OCC2OC(n3cnc4c(=O)[nH]cnc43)C3OC(C)(C)OC23)cc1. The molecule has 11 nitrogen and oxygen atoms in total. The molecule has 5 rings (SSSR count). The first-order chi connectivity index (χ1) is 15.1. The van der Waals surface area contributed by atoms with Crippen molar-refractivity contribution >= 4 is 21.3 Å². The molecule has 0 amide bonds. The van der Waals surface area contributed by atoms with Gasteiger partial charge in [0.2, 0.25) is 0 Å². The summed E-state index contributed by atoms with van der Waals surface area (Å²) in [5.74, 6) is -0.910. The van der Waals surface area contributed by atoms with Gasteiger partial charge in [-0.2, -0.15) is 8.42 Å². The topological polar surface area (TPSA) is 135 Å². The van der Waals surface area contributed by atoms with Crippen LogP contribution in [-0.4, -0.2) is 58.6 Å². The molecule has 0 aliphatic carbocycles. The van der Waals surface area contributed by atoms with E-state index in [-0.39, 0.29) is 22.6 Å². The fourth-order valence-electron chi connectivity index (χ4n) is 4.00. The van der Waals surface area contributed by atoms with Crippen LogP contribution < -0.4 is 5.56 Å². The summed E-state index contributed by atoms with van der Waals surface area (Å²) in [6, 6.07) is 6.38. The average Bonchev–Trinajstić information content (AvgIpc) is 3.38. The molecule has 4 unspecified atom stereocenters. The van der Waals surface area contributed by atoms with Crippen LogP contribution in [0.5, 0.6) is 0 Å². The Morgan fingerprint density at radius 3 is 2.62 bits per heavy atom. The van der Waals surface area contributed by atoms with Crippen LogP contribution in [0, 0.1) is 6.92 Å². The van der Waals surface area contributed by atoms with Gasteiger partial charge in [-0.05, 0) is 32.9 Å². The smallest absolute Gasteiger partial charge is 0.297 e. The third-order valence-corrected chi connectivity index (χ3v) is 6.76. The molecule has 12 heteroatoms.